The maximum Gasteiger partial charge on any atom is 0.0281 e. The topological polar surface area (TPSA) is 0 Å². The number of hydrogen-bond acceptors (Lipinski definition) is 0. The molecule has 0 saturated carbocycles. The van der Waals surface area contributed by atoms with E-state index in [9.17, 15) is 0 Å². The Morgan fingerprint density at radius 3 is 2.28 bits per heavy atom. The lowest BCUT2D eigenvalue weighted by atomic mass is 9.78. The van der Waals surface area contributed by atoms with Gasteiger partial charge >= 0.3 is 0 Å². The summed E-state index contributed by atoms with van der Waals surface area (Å²) in [7, 11) is 0. The molecule has 3 aliphatic rings. The SMILES string of the molecule is CC(Cc1ccccc1)Cc1ccc(CC2=CC=C(C3=CCCC=C3)C3C=CC=C23)cc1. The molecule has 160 valence electrons. The van der Waals surface area contributed by atoms with Gasteiger partial charge in [-0.05, 0) is 77.0 Å². The van der Waals surface area contributed by atoms with E-state index in [4.69, 9.17) is 0 Å². The van der Waals surface area contributed by atoms with E-state index >= 15 is 0 Å². The van der Waals surface area contributed by atoms with E-state index in [0.717, 1.165) is 25.7 Å². The molecule has 0 amide bonds. The van der Waals surface area contributed by atoms with Crippen molar-refractivity contribution in [2.75, 3.05) is 0 Å². The molecule has 0 bridgehead atoms. The Morgan fingerprint density at radius 1 is 0.781 bits per heavy atom. The highest BCUT2D eigenvalue weighted by Crippen LogP contribution is 2.40. The zero-order valence-electron chi connectivity index (χ0n) is 19.0. The van der Waals surface area contributed by atoms with Crippen LogP contribution < -0.4 is 0 Å². The van der Waals surface area contributed by atoms with Crippen LogP contribution in [0.15, 0.2) is 125 Å². The van der Waals surface area contributed by atoms with Gasteiger partial charge in [0, 0.05) is 5.92 Å². The van der Waals surface area contributed by atoms with Gasteiger partial charge in [0.05, 0.1) is 0 Å². The van der Waals surface area contributed by atoms with E-state index < -0.39 is 0 Å². The van der Waals surface area contributed by atoms with Gasteiger partial charge in [0.2, 0.25) is 0 Å². The average Bonchev–Trinajstić information content (AvgIpc) is 3.32. The maximum atomic E-state index is 2.39. The van der Waals surface area contributed by atoms with Crippen LogP contribution in [-0.4, -0.2) is 0 Å². The van der Waals surface area contributed by atoms with Gasteiger partial charge in [0.15, 0.2) is 0 Å². The van der Waals surface area contributed by atoms with E-state index in [1.54, 1.807) is 0 Å². The van der Waals surface area contributed by atoms with Crippen LogP contribution in [0, 0.1) is 11.8 Å². The standard InChI is InChI=1S/C32H32/c1-24(21-25-9-4-2-5-10-25)22-26-15-17-27(18-16-26)23-29-19-20-31(28-11-6-3-7-12-28)32-14-8-13-30(29)32/h2,4-6,8-20,24,32H,3,7,21-23H2,1H3. The van der Waals surface area contributed by atoms with Crippen molar-refractivity contribution in [1.82, 2.24) is 0 Å². The number of hydrogen-bond donors (Lipinski definition) is 0. The molecule has 0 saturated heterocycles. The highest BCUT2D eigenvalue weighted by molar-refractivity contribution is 5.60. The first-order chi connectivity index (χ1) is 15.8. The third-order valence-electron chi connectivity index (χ3n) is 6.84. The van der Waals surface area contributed by atoms with Gasteiger partial charge in [-0.25, -0.2) is 0 Å². The minimum Gasteiger partial charge on any atom is -0.0836 e. The van der Waals surface area contributed by atoms with E-state index in [2.05, 4.69) is 110 Å². The second kappa shape index (κ2) is 9.57. The second-order valence-electron chi connectivity index (χ2n) is 9.43. The van der Waals surface area contributed by atoms with Crippen molar-refractivity contribution >= 4 is 0 Å². The molecule has 2 unspecified atom stereocenters. The van der Waals surface area contributed by atoms with Gasteiger partial charge in [-0.3, -0.25) is 0 Å². The normalized spacial score (nSPS) is 20.2. The Hall–Kier alpha value is -3.12. The fourth-order valence-electron chi connectivity index (χ4n) is 5.21. The summed E-state index contributed by atoms with van der Waals surface area (Å²) in [5.41, 5.74) is 10.1. The molecule has 0 aromatic heterocycles. The first-order valence-electron chi connectivity index (χ1n) is 12.0. The molecule has 3 aliphatic carbocycles. The van der Waals surface area contributed by atoms with Gasteiger partial charge in [-0.2, -0.15) is 0 Å². The van der Waals surface area contributed by atoms with Crippen molar-refractivity contribution in [1.29, 1.82) is 0 Å². The quantitative estimate of drug-likeness (QED) is 0.430. The Morgan fingerprint density at radius 2 is 1.53 bits per heavy atom. The molecule has 0 radical (unpaired) electrons. The summed E-state index contributed by atoms with van der Waals surface area (Å²) in [6, 6.07) is 20.2. The first-order valence-corrected chi connectivity index (χ1v) is 12.0. The zero-order valence-corrected chi connectivity index (χ0v) is 19.0. The van der Waals surface area contributed by atoms with Gasteiger partial charge in [-0.15, -0.1) is 0 Å². The molecule has 2 atom stereocenters. The van der Waals surface area contributed by atoms with Crippen molar-refractivity contribution < 1.29 is 0 Å². The predicted molar refractivity (Wildman–Crippen MR) is 136 cm³/mol. The fraction of sp³-hybridized carbons (Fsp3) is 0.250. The Kier molecular flexibility index (Phi) is 6.21. The van der Waals surface area contributed by atoms with Gasteiger partial charge in [0.1, 0.15) is 0 Å². The van der Waals surface area contributed by atoms with Crippen LogP contribution >= 0.6 is 0 Å². The van der Waals surface area contributed by atoms with E-state index in [1.165, 1.54) is 45.4 Å². The summed E-state index contributed by atoms with van der Waals surface area (Å²) < 4.78 is 0. The fourth-order valence-corrected chi connectivity index (χ4v) is 5.21. The third-order valence-corrected chi connectivity index (χ3v) is 6.84. The van der Waals surface area contributed by atoms with Crippen molar-refractivity contribution in [3.05, 3.63) is 142 Å². The molecule has 0 aliphatic heterocycles. The monoisotopic (exact) mass is 416 g/mol. The lowest BCUT2D eigenvalue weighted by molar-refractivity contribution is 0.577. The molecule has 0 nitrogen and oxygen atoms in total. The van der Waals surface area contributed by atoms with Crippen molar-refractivity contribution in [3.8, 4) is 0 Å². The van der Waals surface area contributed by atoms with Crippen molar-refractivity contribution in [3.63, 3.8) is 0 Å². The molecule has 0 heteroatoms. The highest BCUT2D eigenvalue weighted by Gasteiger charge is 2.26. The summed E-state index contributed by atoms with van der Waals surface area (Å²) in [5, 5.41) is 0. The largest absolute Gasteiger partial charge is 0.0836 e. The third kappa shape index (κ3) is 4.70. The van der Waals surface area contributed by atoms with E-state index in [-0.39, 0.29) is 0 Å². The zero-order chi connectivity index (χ0) is 21.8. The summed E-state index contributed by atoms with van der Waals surface area (Å²) >= 11 is 0. The molecule has 0 fully saturated rings. The molecule has 0 N–H and O–H groups in total. The predicted octanol–water partition coefficient (Wildman–Crippen LogP) is 7.91. The molecular weight excluding hydrogens is 384 g/mol. The second-order valence-corrected chi connectivity index (χ2v) is 9.43. The van der Waals surface area contributed by atoms with Crippen molar-refractivity contribution in [2.45, 2.75) is 39.0 Å². The van der Waals surface area contributed by atoms with E-state index in [0.29, 0.717) is 11.8 Å². The average molecular weight is 417 g/mol. The minimum atomic E-state index is 0.419. The molecule has 32 heavy (non-hydrogen) atoms. The number of fused-ring (bicyclic) bond motifs is 1. The smallest absolute Gasteiger partial charge is 0.0281 e. The Bertz CT molecular complexity index is 1130. The molecule has 5 rings (SSSR count). The molecule has 2 aromatic carbocycles. The first kappa shape index (κ1) is 20.8. The van der Waals surface area contributed by atoms with Crippen LogP contribution in [-0.2, 0) is 19.3 Å². The highest BCUT2D eigenvalue weighted by atomic mass is 14.3. The van der Waals surface area contributed by atoms with Crippen LogP contribution in [0.3, 0.4) is 0 Å². The number of rotatable bonds is 7. The lowest BCUT2D eigenvalue weighted by Crippen LogP contribution is -2.12. The van der Waals surface area contributed by atoms with Crippen LogP contribution in [0.2, 0.25) is 0 Å². The van der Waals surface area contributed by atoms with Gasteiger partial charge < -0.3 is 0 Å². The molecule has 2 aromatic rings. The van der Waals surface area contributed by atoms with Crippen LogP contribution in [0.5, 0.6) is 0 Å². The summed E-state index contributed by atoms with van der Waals surface area (Å²) in [6.45, 7) is 2.36. The van der Waals surface area contributed by atoms with E-state index in [1.807, 2.05) is 0 Å². The number of benzene rings is 2. The van der Waals surface area contributed by atoms with Crippen LogP contribution in [0.1, 0.15) is 36.5 Å². The summed E-state index contributed by atoms with van der Waals surface area (Å²) in [5.74, 6) is 1.06. The molecule has 0 spiro atoms. The number of allylic oxidation sites excluding steroid dienone is 12. The lowest BCUT2D eigenvalue weighted by Gasteiger charge is -2.26. The van der Waals surface area contributed by atoms with Crippen molar-refractivity contribution in [2.24, 2.45) is 11.8 Å². The Balaban J connectivity index is 1.25. The summed E-state index contributed by atoms with van der Waals surface area (Å²) in [6.07, 6.45) is 24.2. The molecule has 0 heterocycles. The van der Waals surface area contributed by atoms with Crippen LogP contribution in [0.25, 0.3) is 0 Å². The summed E-state index contributed by atoms with van der Waals surface area (Å²) in [4.78, 5) is 0. The Labute approximate surface area is 193 Å². The van der Waals surface area contributed by atoms with Gasteiger partial charge in [-0.1, -0.05) is 110 Å². The van der Waals surface area contributed by atoms with Crippen LogP contribution in [0.4, 0.5) is 0 Å². The maximum absolute atomic E-state index is 2.39. The molecular formula is C32H32. The minimum absolute atomic E-state index is 0.419. The van der Waals surface area contributed by atoms with Gasteiger partial charge in [0.25, 0.3) is 0 Å².